The number of alkyl halides is 3. The predicted octanol–water partition coefficient (Wildman–Crippen LogP) is 5.55. The van der Waals surface area contributed by atoms with E-state index in [2.05, 4.69) is 9.98 Å². The van der Waals surface area contributed by atoms with Crippen molar-refractivity contribution in [2.24, 2.45) is 4.99 Å². The maximum Gasteiger partial charge on any atom is 0.422 e. The summed E-state index contributed by atoms with van der Waals surface area (Å²) in [5, 5.41) is 11.8. The van der Waals surface area contributed by atoms with Crippen LogP contribution in [0.5, 0.6) is 5.75 Å². The molecular weight excluding hydrogens is 445 g/mol. The molecular formula is C23H22ClF3N2O3. The molecule has 3 rings (SSSR count). The lowest BCUT2D eigenvalue weighted by atomic mass is 9.75. The molecule has 0 amide bonds. The van der Waals surface area contributed by atoms with E-state index in [1.165, 1.54) is 31.5 Å². The fourth-order valence-electron chi connectivity index (χ4n) is 3.71. The van der Waals surface area contributed by atoms with Gasteiger partial charge in [0.05, 0.1) is 12.8 Å². The summed E-state index contributed by atoms with van der Waals surface area (Å²) in [6.07, 6.45) is -3.85. The lowest BCUT2D eigenvalue weighted by Gasteiger charge is -2.36. The van der Waals surface area contributed by atoms with Crippen LogP contribution in [0.15, 0.2) is 58.4 Å². The van der Waals surface area contributed by atoms with E-state index >= 15 is 0 Å². The molecule has 0 radical (unpaired) electrons. The van der Waals surface area contributed by atoms with Crippen molar-refractivity contribution in [1.29, 1.82) is 0 Å². The average Bonchev–Trinajstić information content (AvgIpc) is 2.71. The minimum absolute atomic E-state index is 0.137. The summed E-state index contributed by atoms with van der Waals surface area (Å²) >= 11 is 5.97. The Kier molecular flexibility index (Phi) is 6.40. The lowest BCUT2D eigenvalue weighted by Crippen LogP contribution is -2.50. The molecule has 0 saturated heterocycles. The van der Waals surface area contributed by atoms with Crippen molar-refractivity contribution in [3.05, 3.63) is 69.6 Å². The number of hydrogen-bond acceptors (Lipinski definition) is 4. The van der Waals surface area contributed by atoms with Crippen molar-refractivity contribution >= 4 is 34.3 Å². The number of fused-ring (bicyclic) bond motifs is 1. The summed E-state index contributed by atoms with van der Waals surface area (Å²) < 4.78 is 47.4. The molecule has 0 aliphatic heterocycles. The topological polar surface area (TPSA) is 74.7 Å². The van der Waals surface area contributed by atoms with Gasteiger partial charge in [0, 0.05) is 28.2 Å². The van der Waals surface area contributed by atoms with Gasteiger partial charge in [0.1, 0.15) is 5.75 Å². The van der Waals surface area contributed by atoms with Crippen LogP contribution in [0.2, 0.25) is 5.02 Å². The second-order valence-corrected chi connectivity index (χ2v) is 8.57. The second kappa shape index (κ2) is 8.60. The van der Waals surface area contributed by atoms with Crippen molar-refractivity contribution in [1.82, 2.24) is 4.98 Å². The molecule has 1 aromatic heterocycles. The van der Waals surface area contributed by atoms with Crippen molar-refractivity contribution in [2.75, 3.05) is 7.11 Å². The lowest BCUT2D eigenvalue weighted by molar-refractivity contribution is -0.234. The number of nitrogens with zero attached hydrogens (tertiary/aromatic N) is 1. The number of halogens is 4. The smallest absolute Gasteiger partial charge is 0.422 e. The largest absolute Gasteiger partial charge is 0.496 e. The molecule has 32 heavy (non-hydrogen) atoms. The van der Waals surface area contributed by atoms with Gasteiger partial charge >= 0.3 is 6.18 Å². The summed E-state index contributed by atoms with van der Waals surface area (Å²) in [5.41, 5.74) is -4.20. The Morgan fingerprint density at radius 2 is 1.88 bits per heavy atom. The van der Waals surface area contributed by atoms with E-state index in [1.54, 1.807) is 38.1 Å². The quantitative estimate of drug-likeness (QED) is 0.467. The van der Waals surface area contributed by atoms with Crippen molar-refractivity contribution < 1.29 is 23.0 Å². The number of pyridine rings is 1. The number of methoxy groups -OCH3 is 1. The van der Waals surface area contributed by atoms with Crippen LogP contribution in [-0.2, 0) is 5.41 Å². The molecule has 0 aliphatic rings. The summed E-state index contributed by atoms with van der Waals surface area (Å²) in [6.45, 7) is 3.14. The molecule has 0 bridgehead atoms. The number of rotatable bonds is 6. The zero-order chi connectivity index (χ0) is 23.7. The first-order valence-electron chi connectivity index (χ1n) is 9.67. The number of hydrogen-bond donors (Lipinski definition) is 2. The Labute approximate surface area is 187 Å². The van der Waals surface area contributed by atoms with Gasteiger partial charge < -0.3 is 14.8 Å². The molecule has 3 aromatic rings. The van der Waals surface area contributed by atoms with Gasteiger partial charge in [-0.15, -0.1) is 0 Å². The van der Waals surface area contributed by atoms with Crippen molar-refractivity contribution in [2.45, 2.75) is 37.5 Å². The Morgan fingerprint density at radius 3 is 2.53 bits per heavy atom. The van der Waals surface area contributed by atoms with Gasteiger partial charge in [-0.3, -0.25) is 9.79 Å². The Bertz CT molecular complexity index is 1220. The highest BCUT2D eigenvalue weighted by Crippen LogP contribution is 2.43. The number of aromatic nitrogens is 1. The second-order valence-electron chi connectivity index (χ2n) is 8.13. The number of aromatic amines is 1. The van der Waals surface area contributed by atoms with Crippen molar-refractivity contribution in [3.8, 4) is 5.75 Å². The Balaban J connectivity index is 2.05. The normalized spacial score (nSPS) is 14.6. The van der Waals surface area contributed by atoms with Gasteiger partial charge in [0.25, 0.3) is 5.56 Å². The highest BCUT2D eigenvalue weighted by atomic mass is 35.5. The molecule has 1 heterocycles. The molecule has 0 saturated carbocycles. The molecule has 2 aromatic carbocycles. The van der Waals surface area contributed by atoms with Crippen LogP contribution in [-0.4, -0.2) is 35.2 Å². The predicted molar refractivity (Wildman–Crippen MR) is 119 cm³/mol. The van der Waals surface area contributed by atoms with Gasteiger partial charge in [0.2, 0.25) is 0 Å². The van der Waals surface area contributed by atoms with Crippen LogP contribution in [0.4, 0.5) is 18.9 Å². The van der Waals surface area contributed by atoms with E-state index in [-0.39, 0.29) is 16.6 Å². The van der Waals surface area contributed by atoms with Gasteiger partial charge in [-0.05, 0) is 47.7 Å². The fraction of sp³-hybridized carbons (Fsp3) is 0.304. The molecule has 9 heteroatoms. The van der Waals surface area contributed by atoms with Gasteiger partial charge in [0.15, 0.2) is 5.60 Å². The number of nitrogens with one attached hydrogen (secondary N) is 1. The van der Waals surface area contributed by atoms with E-state index in [4.69, 9.17) is 16.3 Å². The number of ether oxygens (including phenoxy) is 1. The van der Waals surface area contributed by atoms with Crippen LogP contribution < -0.4 is 10.3 Å². The van der Waals surface area contributed by atoms with E-state index < -0.39 is 23.6 Å². The van der Waals surface area contributed by atoms with Crippen LogP contribution in [0, 0.1) is 0 Å². The van der Waals surface area contributed by atoms with Crippen LogP contribution in [0.25, 0.3) is 10.8 Å². The van der Waals surface area contributed by atoms with Gasteiger partial charge in [-0.25, -0.2) is 0 Å². The number of aliphatic imine (C=N–C) groups is 1. The maximum absolute atomic E-state index is 14.0. The number of H-pyrrole nitrogens is 1. The molecule has 1 atom stereocenters. The van der Waals surface area contributed by atoms with E-state index in [0.717, 1.165) is 0 Å². The van der Waals surface area contributed by atoms with E-state index in [1.807, 2.05) is 0 Å². The number of aliphatic hydroxyl groups is 1. The number of benzene rings is 2. The zero-order valence-corrected chi connectivity index (χ0v) is 18.4. The van der Waals surface area contributed by atoms with E-state index in [0.29, 0.717) is 27.9 Å². The minimum atomic E-state index is -5.00. The molecule has 1 unspecified atom stereocenters. The molecule has 0 spiro atoms. The Morgan fingerprint density at radius 1 is 1.16 bits per heavy atom. The maximum atomic E-state index is 14.0. The SMILES string of the molecule is COc1cc(Cl)ccc1C(C)(C)CC(O)(C=Nc1cccc2c(=O)[nH]ccc12)C(F)(F)F. The summed E-state index contributed by atoms with van der Waals surface area (Å²) in [7, 11) is 1.39. The van der Waals surface area contributed by atoms with Gasteiger partial charge in [-0.2, -0.15) is 13.2 Å². The van der Waals surface area contributed by atoms with Gasteiger partial charge in [-0.1, -0.05) is 37.6 Å². The van der Waals surface area contributed by atoms with E-state index in [9.17, 15) is 23.1 Å². The zero-order valence-electron chi connectivity index (χ0n) is 17.6. The summed E-state index contributed by atoms with van der Waals surface area (Å²) in [4.78, 5) is 18.4. The summed E-state index contributed by atoms with van der Waals surface area (Å²) in [6, 6.07) is 10.7. The highest BCUT2D eigenvalue weighted by Gasteiger charge is 2.55. The van der Waals surface area contributed by atoms with Crippen LogP contribution in [0.1, 0.15) is 25.8 Å². The first-order chi connectivity index (χ1) is 14.9. The van der Waals surface area contributed by atoms with Crippen LogP contribution in [0.3, 0.4) is 0 Å². The molecule has 170 valence electrons. The summed E-state index contributed by atoms with van der Waals surface area (Å²) in [5.74, 6) is 0.317. The third kappa shape index (κ3) is 4.66. The highest BCUT2D eigenvalue weighted by molar-refractivity contribution is 6.30. The Hall–Kier alpha value is -2.84. The molecule has 0 aliphatic carbocycles. The third-order valence-corrected chi connectivity index (χ3v) is 5.54. The van der Waals surface area contributed by atoms with Crippen LogP contribution >= 0.6 is 11.6 Å². The molecule has 2 N–H and O–H groups in total. The minimum Gasteiger partial charge on any atom is -0.496 e. The monoisotopic (exact) mass is 466 g/mol. The standard InChI is InChI=1S/C23H22ClF3N2O3/c1-21(2,17-8-7-14(24)11-19(17)32-3)12-22(31,23(25,26)27)13-29-18-6-4-5-16-15(18)9-10-28-20(16)30/h4-11,13,31H,12H2,1-3H3,(H,28,30). The first-order valence-corrected chi connectivity index (χ1v) is 10.0. The average molecular weight is 467 g/mol. The molecule has 5 nitrogen and oxygen atoms in total. The first kappa shape index (κ1) is 23.8. The fourth-order valence-corrected chi connectivity index (χ4v) is 3.87. The molecule has 0 fully saturated rings. The van der Waals surface area contributed by atoms with Crippen molar-refractivity contribution in [3.63, 3.8) is 0 Å². The third-order valence-electron chi connectivity index (χ3n) is 5.30.